The molecule has 0 fully saturated rings. The number of nitrogens with zero attached hydrogens (tertiary/aromatic N) is 2. The number of methoxy groups -OCH3 is 1. The number of amides is 1. The number of carbonyl (C=O) groups excluding carboxylic acids is 2. The van der Waals surface area contributed by atoms with Crippen LogP contribution in [0, 0.1) is 0 Å². The number of hydrogen-bond donors (Lipinski definition) is 2. The highest BCUT2D eigenvalue weighted by molar-refractivity contribution is 6.07. The number of nitrogens with one attached hydrogen (secondary N) is 2. The number of anilines is 2. The molecule has 0 saturated carbocycles. The SMILES string of the molecule is CCCNc1ncc(C(=O)Nc2ccccc2C(=O)OC)cn1. The molecule has 1 aromatic carbocycles. The van der Waals surface area contributed by atoms with Gasteiger partial charge in [0.05, 0.1) is 23.9 Å². The second-order valence-electron chi connectivity index (χ2n) is 4.71. The fraction of sp³-hybridized carbons (Fsp3) is 0.250. The van der Waals surface area contributed by atoms with Crippen LogP contribution in [0.3, 0.4) is 0 Å². The van der Waals surface area contributed by atoms with Gasteiger partial charge in [0, 0.05) is 18.9 Å². The summed E-state index contributed by atoms with van der Waals surface area (Å²) in [4.78, 5) is 32.1. The first-order chi connectivity index (χ1) is 11.2. The first kappa shape index (κ1) is 16.4. The van der Waals surface area contributed by atoms with Gasteiger partial charge in [-0.05, 0) is 18.6 Å². The van der Waals surface area contributed by atoms with Gasteiger partial charge in [-0.2, -0.15) is 0 Å². The molecule has 0 saturated heterocycles. The third-order valence-corrected chi connectivity index (χ3v) is 3.03. The van der Waals surface area contributed by atoms with Crippen molar-refractivity contribution in [2.75, 3.05) is 24.3 Å². The summed E-state index contributed by atoms with van der Waals surface area (Å²) in [5.41, 5.74) is 0.953. The lowest BCUT2D eigenvalue weighted by Gasteiger charge is -2.09. The molecule has 0 aliphatic rings. The minimum Gasteiger partial charge on any atom is -0.465 e. The second-order valence-corrected chi connectivity index (χ2v) is 4.71. The Hall–Kier alpha value is -2.96. The maximum atomic E-state index is 12.2. The van der Waals surface area contributed by atoms with E-state index in [4.69, 9.17) is 4.74 Å². The van der Waals surface area contributed by atoms with Crippen LogP contribution in [0.2, 0.25) is 0 Å². The van der Waals surface area contributed by atoms with Crippen molar-refractivity contribution >= 4 is 23.5 Å². The van der Waals surface area contributed by atoms with Crippen molar-refractivity contribution < 1.29 is 14.3 Å². The van der Waals surface area contributed by atoms with Crippen LogP contribution < -0.4 is 10.6 Å². The number of benzene rings is 1. The molecule has 2 aromatic rings. The molecule has 0 unspecified atom stereocenters. The number of ether oxygens (including phenoxy) is 1. The maximum Gasteiger partial charge on any atom is 0.339 e. The standard InChI is InChI=1S/C16H18N4O3/c1-3-8-17-16-18-9-11(10-19-16)14(21)20-13-7-5-4-6-12(13)15(22)23-2/h4-7,9-10H,3,8H2,1-2H3,(H,20,21)(H,17,18,19). The van der Waals surface area contributed by atoms with Gasteiger partial charge in [-0.15, -0.1) is 0 Å². The smallest absolute Gasteiger partial charge is 0.339 e. The molecule has 1 amide bonds. The number of para-hydroxylation sites is 1. The minimum absolute atomic E-state index is 0.283. The van der Waals surface area contributed by atoms with Crippen molar-refractivity contribution in [1.82, 2.24) is 9.97 Å². The summed E-state index contributed by atoms with van der Waals surface area (Å²) >= 11 is 0. The highest BCUT2D eigenvalue weighted by Gasteiger charge is 2.14. The second kappa shape index (κ2) is 7.88. The van der Waals surface area contributed by atoms with Crippen molar-refractivity contribution in [3.8, 4) is 0 Å². The minimum atomic E-state index is -0.517. The summed E-state index contributed by atoms with van der Waals surface area (Å²) < 4.78 is 4.69. The number of carbonyl (C=O) groups is 2. The molecule has 0 spiro atoms. The molecule has 0 aliphatic heterocycles. The molecular formula is C16H18N4O3. The Morgan fingerprint density at radius 3 is 2.52 bits per heavy atom. The molecule has 23 heavy (non-hydrogen) atoms. The van der Waals surface area contributed by atoms with E-state index in [0.29, 0.717) is 17.2 Å². The lowest BCUT2D eigenvalue weighted by atomic mass is 10.1. The summed E-state index contributed by atoms with van der Waals surface area (Å²) in [6.07, 6.45) is 3.82. The third kappa shape index (κ3) is 4.26. The Labute approximate surface area is 134 Å². The molecule has 0 atom stereocenters. The number of aromatic nitrogens is 2. The monoisotopic (exact) mass is 314 g/mol. The van der Waals surface area contributed by atoms with Crippen molar-refractivity contribution in [2.24, 2.45) is 0 Å². The topological polar surface area (TPSA) is 93.2 Å². The molecule has 0 bridgehead atoms. The lowest BCUT2D eigenvalue weighted by Crippen LogP contribution is -2.16. The first-order valence-electron chi connectivity index (χ1n) is 7.20. The molecular weight excluding hydrogens is 296 g/mol. The van der Waals surface area contributed by atoms with E-state index in [1.807, 2.05) is 6.92 Å². The molecule has 1 aromatic heterocycles. The maximum absolute atomic E-state index is 12.2. The van der Waals surface area contributed by atoms with Gasteiger partial charge in [0.2, 0.25) is 5.95 Å². The summed E-state index contributed by atoms with van der Waals surface area (Å²) in [5.74, 6) is -0.446. The normalized spacial score (nSPS) is 10.0. The first-order valence-corrected chi connectivity index (χ1v) is 7.20. The van der Waals surface area contributed by atoms with Gasteiger partial charge in [0.15, 0.2) is 0 Å². The van der Waals surface area contributed by atoms with Crippen LogP contribution in [0.4, 0.5) is 11.6 Å². The summed E-state index contributed by atoms with van der Waals surface area (Å²) in [6, 6.07) is 6.62. The number of rotatable bonds is 6. The Bertz CT molecular complexity index is 686. The lowest BCUT2D eigenvalue weighted by molar-refractivity contribution is 0.0602. The quantitative estimate of drug-likeness (QED) is 0.795. The Balaban J connectivity index is 2.12. The highest BCUT2D eigenvalue weighted by Crippen LogP contribution is 2.17. The van der Waals surface area contributed by atoms with E-state index in [1.54, 1.807) is 24.3 Å². The predicted octanol–water partition coefficient (Wildman–Crippen LogP) is 2.34. The van der Waals surface area contributed by atoms with Crippen LogP contribution >= 0.6 is 0 Å². The third-order valence-electron chi connectivity index (χ3n) is 3.03. The van der Waals surface area contributed by atoms with E-state index < -0.39 is 11.9 Å². The zero-order valence-electron chi connectivity index (χ0n) is 13.0. The zero-order chi connectivity index (χ0) is 16.7. The van der Waals surface area contributed by atoms with Crippen LogP contribution in [-0.4, -0.2) is 35.5 Å². The van der Waals surface area contributed by atoms with Gasteiger partial charge in [0.1, 0.15) is 0 Å². The van der Waals surface area contributed by atoms with E-state index in [2.05, 4.69) is 20.6 Å². The van der Waals surface area contributed by atoms with Crippen LogP contribution in [0.5, 0.6) is 0 Å². The molecule has 0 radical (unpaired) electrons. The molecule has 7 heteroatoms. The van der Waals surface area contributed by atoms with E-state index in [1.165, 1.54) is 19.5 Å². The van der Waals surface area contributed by atoms with E-state index in [9.17, 15) is 9.59 Å². The van der Waals surface area contributed by atoms with E-state index in [-0.39, 0.29) is 5.56 Å². The zero-order valence-corrected chi connectivity index (χ0v) is 13.0. The number of hydrogen-bond acceptors (Lipinski definition) is 6. The molecule has 7 nitrogen and oxygen atoms in total. The largest absolute Gasteiger partial charge is 0.465 e. The molecule has 2 rings (SSSR count). The van der Waals surface area contributed by atoms with Gasteiger partial charge in [-0.3, -0.25) is 4.79 Å². The summed E-state index contributed by atoms with van der Waals surface area (Å²) in [5, 5.41) is 5.69. The Morgan fingerprint density at radius 2 is 1.87 bits per heavy atom. The van der Waals surface area contributed by atoms with E-state index in [0.717, 1.165) is 13.0 Å². The molecule has 1 heterocycles. The summed E-state index contributed by atoms with van der Waals surface area (Å²) in [7, 11) is 1.29. The van der Waals surface area contributed by atoms with Gasteiger partial charge < -0.3 is 15.4 Å². The van der Waals surface area contributed by atoms with Crippen LogP contribution in [0.25, 0.3) is 0 Å². The van der Waals surface area contributed by atoms with Gasteiger partial charge >= 0.3 is 5.97 Å². The Kier molecular flexibility index (Phi) is 5.62. The van der Waals surface area contributed by atoms with Crippen molar-refractivity contribution in [3.05, 3.63) is 47.8 Å². The van der Waals surface area contributed by atoms with Crippen molar-refractivity contribution in [3.63, 3.8) is 0 Å². The van der Waals surface area contributed by atoms with Gasteiger partial charge in [0.25, 0.3) is 5.91 Å². The fourth-order valence-corrected chi connectivity index (χ4v) is 1.85. The molecule has 120 valence electrons. The van der Waals surface area contributed by atoms with Gasteiger partial charge in [-0.1, -0.05) is 19.1 Å². The van der Waals surface area contributed by atoms with Crippen molar-refractivity contribution in [1.29, 1.82) is 0 Å². The fourth-order valence-electron chi connectivity index (χ4n) is 1.85. The Morgan fingerprint density at radius 1 is 1.17 bits per heavy atom. The predicted molar refractivity (Wildman–Crippen MR) is 86.5 cm³/mol. The van der Waals surface area contributed by atoms with Gasteiger partial charge in [-0.25, -0.2) is 14.8 Å². The average molecular weight is 314 g/mol. The molecule has 2 N–H and O–H groups in total. The highest BCUT2D eigenvalue weighted by atomic mass is 16.5. The molecule has 0 aliphatic carbocycles. The van der Waals surface area contributed by atoms with Crippen LogP contribution in [0.1, 0.15) is 34.1 Å². The van der Waals surface area contributed by atoms with Crippen LogP contribution in [0.15, 0.2) is 36.7 Å². The average Bonchev–Trinajstić information content (AvgIpc) is 2.60. The van der Waals surface area contributed by atoms with E-state index >= 15 is 0 Å². The number of esters is 1. The van der Waals surface area contributed by atoms with Crippen LogP contribution in [-0.2, 0) is 4.74 Å². The summed E-state index contributed by atoms with van der Waals surface area (Å²) in [6.45, 7) is 2.80. The van der Waals surface area contributed by atoms with Crippen molar-refractivity contribution in [2.45, 2.75) is 13.3 Å².